The molecule has 144 valence electrons. The summed E-state index contributed by atoms with van der Waals surface area (Å²) in [6, 6.07) is 12.1. The van der Waals surface area contributed by atoms with Crippen LogP contribution in [0.25, 0.3) is 0 Å². The summed E-state index contributed by atoms with van der Waals surface area (Å²) < 4.78 is 44.6. The molecule has 0 saturated carbocycles. The van der Waals surface area contributed by atoms with Gasteiger partial charge in [0.1, 0.15) is 5.75 Å². The minimum absolute atomic E-state index is 0.200. The SMILES string of the molecule is COc1ccc(S(=O)(=O)N2CCC[C@@H]2c2ccc3c(c2)OCCCO3)cc1. The number of nitrogens with zero attached hydrogens (tertiary/aromatic N) is 1. The average molecular weight is 389 g/mol. The normalized spacial score (nSPS) is 20.3. The molecule has 27 heavy (non-hydrogen) atoms. The molecule has 1 saturated heterocycles. The Morgan fingerprint density at radius 3 is 2.48 bits per heavy atom. The molecule has 1 fully saturated rings. The fourth-order valence-electron chi connectivity index (χ4n) is 3.63. The third-order valence-electron chi connectivity index (χ3n) is 5.03. The fraction of sp³-hybridized carbons (Fsp3) is 0.400. The predicted molar refractivity (Wildman–Crippen MR) is 101 cm³/mol. The Morgan fingerprint density at radius 2 is 1.74 bits per heavy atom. The number of sulfonamides is 1. The zero-order chi connectivity index (χ0) is 18.9. The van der Waals surface area contributed by atoms with E-state index in [1.807, 2.05) is 18.2 Å². The molecule has 2 aliphatic heterocycles. The van der Waals surface area contributed by atoms with E-state index in [1.54, 1.807) is 35.7 Å². The lowest BCUT2D eigenvalue weighted by Crippen LogP contribution is -2.30. The van der Waals surface area contributed by atoms with Crippen molar-refractivity contribution in [3.63, 3.8) is 0 Å². The molecule has 0 N–H and O–H groups in total. The number of hydrogen-bond donors (Lipinski definition) is 0. The topological polar surface area (TPSA) is 65.1 Å². The van der Waals surface area contributed by atoms with Gasteiger partial charge in [0.25, 0.3) is 0 Å². The van der Waals surface area contributed by atoms with Crippen LogP contribution in [-0.4, -0.2) is 39.6 Å². The van der Waals surface area contributed by atoms with E-state index in [0.717, 1.165) is 30.6 Å². The molecule has 0 aliphatic carbocycles. The van der Waals surface area contributed by atoms with Crippen molar-refractivity contribution in [1.82, 2.24) is 4.31 Å². The van der Waals surface area contributed by atoms with Crippen molar-refractivity contribution in [3.05, 3.63) is 48.0 Å². The number of fused-ring (bicyclic) bond motifs is 1. The van der Waals surface area contributed by atoms with Crippen LogP contribution >= 0.6 is 0 Å². The van der Waals surface area contributed by atoms with Crippen LogP contribution in [0, 0.1) is 0 Å². The predicted octanol–water partition coefficient (Wildman–Crippen LogP) is 3.38. The summed E-state index contributed by atoms with van der Waals surface area (Å²) in [6.45, 7) is 1.75. The fourth-order valence-corrected chi connectivity index (χ4v) is 5.31. The Balaban J connectivity index is 1.64. The summed E-state index contributed by atoms with van der Waals surface area (Å²) in [5, 5.41) is 0. The molecule has 4 rings (SSSR count). The van der Waals surface area contributed by atoms with Gasteiger partial charge in [-0.05, 0) is 54.8 Å². The lowest BCUT2D eigenvalue weighted by molar-refractivity contribution is 0.296. The first-order valence-corrected chi connectivity index (χ1v) is 10.6. The maximum atomic E-state index is 13.2. The van der Waals surface area contributed by atoms with Gasteiger partial charge in [-0.2, -0.15) is 4.31 Å². The van der Waals surface area contributed by atoms with Gasteiger partial charge in [-0.15, -0.1) is 0 Å². The van der Waals surface area contributed by atoms with Crippen LogP contribution in [0.3, 0.4) is 0 Å². The largest absolute Gasteiger partial charge is 0.497 e. The summed E-state index contributed by atoms with van der Waals surface area (Å²) in [6.07, 6.45) is 2.45. The first-order valence-electron chi connectivity index (χ1n) is 9.15. The summed E-state index contributed by atoms with van der Waals surface area (Å²) in [5.41, 5.74) is 0.939. The van der Waals surface area contributed by atoms with Crippen molar-refractivity contribution >= 4 is 10.0 Å². The lowest BCUT2D eigenvalue weighted by Gasteiger charge is -2.25. The highest BCUT2D eigenvalue weighted by Crippen LogP contribution is 2.40. The van der Waals surface area contributed by atoms with Gasteiger partial charge in [0, 0.05) is 13.0 Å². The van der Waals surface area contributed by atoms with Gasteiger partial charge in [-0.3, -0.25) is 0 Å². The number of rotatable bonds is 4. The first-order chi connectivity index (χ1) is 13.1. The van der Waals surface area contributed by atoms with Crippen LogP contribution in [0.4, 0.5) is 0 Å². The molecule has 7 heteroatoms. The Labute approximate surface area is 159 Å². The van der Waals surface area contributed by atoms with Crippen LogP contribution in [0.15, 0.2) is 47.4 Å². The number of ether oxygens (including phenoxy) is 3. The molecule has 0 amide bonds. The molecule has 2 aromatic carbocycles. The van der Waals surface area contributed by atoms with Gasteiger partial charge in [0.05, 0.1) is 31.3 Å². The van der Waals surface area contributed by atoms with Crippen LogP contribution in [0.5, 0.6) is 17.2 Å². The van der Waals surface area contributed by atoms with Crippen molar-refractivity contribution in [1.29, 1.82) is 0 Å². The number of hydrogen-bond acceptors (Lipinski definition) is 5. The lowest BCUT2D eigenvalue weighted by atomic mass is 10.0. The van der Waals surface area contributed by atoms with Gasteiger partial charge in [-0.25, -0.2) is 8.42 Å². The Kier molecular flexibility index (Phi) is 4.97. The number of benzene rings is 2. The van der Waals surface area contributed by atoms with Crippen molar-refractivity contribution in [2.75, 3.05) is 26.9 Å². The zero-order valence-corrected chi connectivity index (χ0v) is 16.1. The Morgan fingerprint density at radius 1 is 1.00 bits per heavy atom. The van der Waals surface area contributed by atoms with Gasteiger partial charge in [-0.1, -0.05) is 6.07 Å². The van der Waals surface area contributed by atoms with Gasteiger partial charge < -0.3 is 14.2 Å². The molecule has 2 aromatic rings. The second kappa shape index (κ2) is 7.40. The number of methoxy groups -OCH3 is 1. The third-order valence-corrected chi connectivity index (χ3v) is 6.95. The molecule has 1 atom stereocenters. The van der Waals surface area contributed by atoms with E-state index < -0.39 is 10.0 Å². The highest BCUT2D eigenvalue weighted by Gasteiger charge is 2.36. The molecular formula is C20H23NO5S. The van der Waals surface area contributed by atoms with Gasteiger partial charge >= 0.3 is 0 Å². The standard InChI is InChI=1S/C20H23NO5S/c1-24-16-6-8-17(9-7-16)27(22,23)21-11-2-4-18(21)15-5-10-19-20(14-15)26-13-3-12-25-19/h5-10,14,18H,2-4,11-13H2,1H3/t18-/m1/s1. The molecule has 0 radical (unpaired) electrons. The highest BCUT2D eigenvalue weighted by atomic mass is 32.2. The van der Waals surface area contributed by atoms with E-state index in [0.29, 0.717) is 31.3 Å². The Hall–Kier alpha value is -2.25. The van der Waals surface area contributed by atoms with E-state index in [2.05, 4.69) is 0 Å². The first kappa shape index (κ1) is 18.1. The molecule has 0 spiro atoms. The van der Waals surface area contributed by atoms with Crippen molar-refractivity contribution < 1.29 is 22.6 Å². The molecule has 0 aromatic heterocycles. The molecule has 2 heterocycles. The van der Waals surface area contributed by atoms with E-state index in [-0.39, 0.29) is 10.9 Å². The smallest absolute Gasteiger partial charge is 0.243 e. The van der Waals surface area contributed by atoms with Crippen molar-refractivity contribution in [2.24, 2.45) is 0 Å². The quantitative estimate of drug-likeness (QED) is 0.802. The Bertz CT molecular complexity index is 910. The second-order valence-electron chi connectivity index (χ2n) is 6.71. The highest BCUT2D eigenvalue weighted by molar-refractivity contribution is 7.89. The zero-order valence-electron chi connectivity index (χ0n) is 15.3. The van der Waals surface area contributed by atoms with E-state index >= 15 is 0 Å². The summed E-state index contributed by atoms with van der Waals surface area (Å²) in [4.78, 5) is 0.282. The van der Waals surface area contributed by atoms with Gasteiger partial charge in [0.2, 0.25) is 10.0 Å². The van der Waals surface area contributed by atoms with Crippen LogP contribution in [0.2, 0.25) is 0 Å². The summed E-state index contributed by atoms with van der Waals surface area (Å²) in [7, 11) is -2.02. The average Bonchev–Trinajstić information content (AvgIpc) is 3.08. The van der Waals surface area contributed by atoms with Crippen molar-refractivity contribution in [2.45, 2.75) is 30.2 Å². The second-order valence-corrected chi connectivity index (χ2v) is 8.60. The van der Waals surface area contributed by atoms with Crippen molar-refractivity contribution in [3.8, 4) is 17.2 Å². The minimum atomic E-state index is -3.58. The maximum absolute atomic E-state index is 13.2. The van der Waals surface area contributed by atoms with E-state index in [9.17, 15) is 8.42 Å². The van der Waals surface area contributed by atoms with Gasteiger partial charge in [0.15, 0.2) is 11.5 Å². The molecule has 2 aliphatic rings. The molecule has 0 bridgehead atoms. The third kappa shape index (κ3) is 3.49. The van der Waals surface area contributed by atoms with Crippen LogP contribution in [0.1, 0.15) is 30.9 Å². The van der Waals surface area contributed by atoms with Crippen LogP contribution < -0.4 is 14.2 Å². The minimum Gasteiger partial charge on any atom is -0.497 e. The summed E-state index contributed by atoms with van der Waals surface area (Å²) >= 11 is 0. The monoisotopic (exact) mass is 389 g/mol. The van der Waals surface area contributed by atoms with E-state index in [4.69, 9.17) is 14.2 Å². The van der Waals surface area contributed by atoms with E-state index in [1.165, 1.54) is 0 Å². The summed E-state index contributed by atoms with van der Waals surface area (Å²) in [5.74, 6) is 2.05. The molecular weight excluding hydrogens is 366 g/mol. The molecule has 0 unspecified atom stereocenters. The molecule has 6 nitrogen and oxygen atoms in total. The maximum Gasteiger partial charge on any atom is 0.243 e. The van der Waals surface area contributed by atoms with Crippen LogP contribution in [-0.2, 0) is 10.0 Å².